The summed E-state index contributed by atoms with van der Waals surface area (Å²) in [6.07, 6.45) is 7.85. The molecule has 5 rings (SSSR count). The summed E-state index contributed by atoms with van der Waals surface area (Å²) in [6.45, 7) is 1.75. The molecule has 0 spiro atoms. The van der Waals surface area contributed by atoms with E-state index < -0.39 is 0 Å². The van der Waals surface area contributed by atoms with Crippen molar-refractivity contribution in [3.05, 3.63) is 59.6 Å². The number of aryl methyl sites for hydroxylation is 1. The van der Waals surface area contributed by atoms with Gasteiger partial charge in [0.25, 0.3) is 11.8 Å². The van der Waals surface area contributed by atoms with E-state index in [1.165, 1.54) is 6.07 Å². The number of nitrogens with zero attached hydrogens (tertiary/aromatic N) is 5. The fourth-order valence-electron chi connectivity index (χ4n) is 3.71. The van der Waals surface area contributed by atoms with Crippen molar-refractivity contribution < 1.29 is 14.3 Å². The Kier molecular flexibility index (Phi) is 6.40. The highest BCUT2D eigenvalue weighted by Crippen LogP contribution is 2.32. The molecule has 0 bridgehead atoms. The van der Waals surface area contributed by atoms with Crippen molar-refractivity contribution in [2.75, 3.05) is 11.9 Å². The van der Waals surface area contributed by atoms with E-state index in [0.29, 0.717) is 39.8 Å². The Bertz CT molecular complexity index is 1540. The number of H-pyrrole nitrogens is 1. The van der Waals surface area contributed by atoms with Gasteiger partial charge in [-0.3, -0.25) is 9.48 Å². The Labute approximate surface area is 210 Å². The van der Waals surface area contributed by atoms with Gasteiger partial charge in [0.05, 0.1) is 35.1 Å². The third kappa shape index (κ3) is 4.66. The molecule has 4 aromatic heterocycles. The predicted molar refractivity (Wildman–Crippen MR) is 135 cm³/mol. The first-order valence-corrected chi connectivity index (χ1v) is 11.6. The van der Waals surface area contributed by atoms with Crippen molar-refractivity contribution in [3.63, 3.8) is 0 Å². The van der Waals surface area contributed by atoms with Crippen LogP contribution in [0.25, 0.3) is 33.6 Å². The highest BCUT2D eigenvalue weighted by Gasteiger charge is 2.17. The van der Waals surface area contributed by atoms with Crippen molar-refractivity contribution in [2.45, 2.75) is 19.4 Å². The maximum absolute atomic E-state index is 12.4. The van der Waals surface area contributed by atoms with Crippen molar-refractivity contribution in [1.82, 2.24) is 35.3 Å². The van der Waals surface area contributed by atoms with Gasteiger partial charge in [0.1, 0.15) is 5.65 Å². The second-order valence-corrected chi connectivity index (χ2v) is 8.63. The number of amides is 1. The molecule has 4 N–H and O–H groups in total. The van der Waals surface area contributed by atoms with Crippen LogP contribution in [0.5, 0.6) is 0 Å². The van der Waals surface area contributed by atoms with Crippen LogP contribution in [0.3, 0.4) is 0 Å². The molecule has 0 aliphatic carbocycles. The van der Waals surface area contributed by atoms with Crippen LogP contribution >= 0.6 is 11.6 Å². The molecule has 5 aromatic rings. The molecule has 0 fully saturated rings. The van der Waals surface area contributed by atoms with E-state index in [2.05, 4.69) is 35.9 Å². The average Bonchev–Trinajstić information content (AvgIpc) is 3.62. The van der Waals surface area contributed by atoms with Crippen LogP contribution < -0.4 is 10.6 Å². The van der Waals surface area contributed by atoms with E-state index in [1.807, 2.05) is 26.2 Å². The Morgan fingerprint density at radius 2 is 2.11 bits per heavy atom. The normalized spacial score (nSPS) is 12.1. The monoisotopic (exact) mass is 506 g/mol. The minimum atomic E-state index is -0.317. The summed E-state index contributed by atoms with van der Waals surface area (Å²) in [4.78, 5) is 20.0. The summed E-state index contributed by atoms with van der Waals surface area (Å²) >= 11 is 6.39. The number of aliphatic hydroxyl groups excluding tert-OH is 1. The van der Waals surface area contributed by atoms with Crippen LogP contribution in [0, 0.1) is 0 Å². The molecular weight excluding hydrogens is 484 g/mol. The molecule has 4 heterocycles. The van der Waals surface area contributed by atoms with Crippen LogP contribution in [0.15, 0.2) is 53.5 Å². The van der Waals surface area contributed by atoms with Crippen LogP contribution in [-0.2, 0) is 7.05 Å². The van der Waals surface area contributed by atoms with Gasteiger partial charge in [-0.2, -0.15) is 5.10 Å². The fourth-order valence-corrected chi connectivity index (χ4v) is 3.94. The van der Waals surface area contributed by atoms with Gasteiger partial charge < -0.3 is 25.1 Å². The number of benzene rings is 1. The van der Waals surface area contributed by atoms with Gasteiger partial charge in [-0.05, 0) is 30.7 Å². The standard InChI is InChI=1S/C24H23ClN8O3/c1-3-16(12-34)29-22(35)13-4-5-20(19(25)7-13)30-24-32-31-23(36-24)18-10-27-21-17(18)6-14(8-26-21)15-9-28-33(2)11-15/h4-11,16,34H,3,12H2,1-2H3,(H,26,27)(H,29,35)(H,30,32). The summed E-state index contributed by atoms with van der Waals surface area (Å²) < 4.78 is 7.57. The van der Waals surface area contributed by atoms with Crippen molar-refractivity contribution in [1.29, 1.82) is 0 Å². The minimum absolute atomic E-state index is 0.133. The number of hydrogen-bond acceptors (Lipinski definition) is 8. The number of anilines is 2. The van der Waals surface area contributed by atoms with Crippen molar-refractivity contribution in [2.24, 2.45) is 7.05 Å². The lowest BCUT2D eigenvalue weighted by Gasteiger charge is -2.14. The lowest BCUT2D eigenvalue weighted by atomic mass is 10.1. The summed E-state index contributed by atoms with van der Waals surface area (Å²) in [6, 6.07) is 6.62. The zero-order chi connectivity index (χ0) is 25.2. The molecule has 0 aliphatic rings. The largest absolute Gasteiger partial charge is 0.403 e. The summed E-state index contributed by atoms with van der Waals surface area (Å²) in [5.74, 6) is -0.0151. The first kappa shape index (κ1) is 23.5. The first-order chi connectivity index (χ1) is 17.4. The molecular formula is C24H23ClN8O3. The Morgan fingerprint density at radius 1 is 1.25 bits per heavy atom. The summed E-state index contributed by atoms with van der Waals surface area (Å²) in [7, 11) is 1.86. The lowest BCUT2D eigenvalue weighted by molar-refractivity contribution is 0.0915. The number of hydrogen-bond donors (Lipinski definition) is 4. The van der Waals surface area contributed by atoms with Gasteiger partial charge >= 0.3 is 6.01 Å². The topological polar surface area (TPSA) is 147 Å². The number of halogens is 1. The third-order valence-electron chi connectivity index (χ3n) is 5.75. The molecule has 11 nitrogen and oxygen atoms in total. The average molecular weight is 507 g/mol. The second-order valence-electron chi connectivity index (χ2n) is 8.22. The fraction of sp³-hybridized carbons (Fsp3) is 0.208. The number of aliphatic hydroxyl groups is 1. The molecule has 1 aromatic carbocycles. The lowest BCUT2D eigenvalue weighted by Crippen LogP contribution is -2.36. The van der Waals surface area contributed by atoms with Crippen LogP contribution in [0.4, 0.5) is 11.7 Å². The highest BCUT2D eigenvalue weighted by molar-refractivity contribution is 6.33. The Morgan fingerprint density at radius 3 is 2.83 bits per heavy atom. The van der Waals surface area contributed by atoms with Crippen molar-refractivity contribution in [3.8, 4) is 22.6 Å². The van der Waals surface area contributed by atoms with Gasteiger partial charge in [0, 0.05) is 47.7 Å². The summed E-state index contributed by atoms with van der Waals surface area (Å²) in [5.41, 5.74) is 4.12. The first-order valence-electron chi connectivity index (χ1n) is 11.2. The van der Waals surface area contributed by atoms with Crippen LogP contribution in [0.2, 0.25) is 5.02 Å². The number of carbonyl (C=O) groups is 1. The molecule has 1 unspecified atom stereocenters. The zero-order valence-electron chi connectivity index (χ0n) is 19.5. The summed E-state index contributed by atoms with van der Waals surface area (Å²) in [5, 5.41) is 28.6. The number of rotatable bonds is 8. The van der Waals surface area contributed by atoms with E-state index >= 15 is 0 Å². The molecule has 0 saturated heterocycles. The number of carbonyl (C=O) groups excluding carboxylic acids is 1. The number of nitrogens with one attached hydrogen (secondary N) is 3. The molecule has 0 radical (unpaired) electrons. The van der Waals surface area contributed by atoms with E-state index in [4.69, 9.17) is 16.0 Å². The molecule has 12 heteroatoms. The number of fused-ring (bicyclic) bond motifs is 1. The van der Waals surface area contributed by atoms with E-state index in [9.17, 15) is 9.90 Å². The molecule has 0 aliphatic heterocycles. The zero-order valence-corrected chi connectivity index (χ0v) is 20.2. The molecule has 0 saturated carbocycles. The quantitative estimate of drug-likeness (QED) is 0.247. The van der Waals surface area contributed by atoms with Crippen LogP contribution in [0.1, 0.15) is 23.7 Å². The Balaban J connectivity index is 1.36. The second kappa shape index (κ2) is 9.80. The highest BCUT2D eigenvalue weighted by atomic mass is 35.5. The SMILES string of the molecule is CCC(CO)NC(=O)c1ccc(Nc2nnc(-c3c[nH]c4ncc(-c5cnn(C)c5)cc34)o2)c(Cl)c1. The van der Waals surface area contributed by atoms with E-state index in [-0.39, 0.29) is 24.6 Å². The van der Waals surface area contributed by atoms with Gasteiger partial charge in [0.2, 0.25) is 0 Å². The number of pyridine rings is 1. The van der Waals surface area contributed by atoms with Gasteiger partial charge in [-0.25, -0.2) is 4.98 Å². The molecule has 1 atom stereocenters. The number of aromatic amines is 1. The van der Waals surface area contributed by atoms with Crippen LogP contribution in [-0.4, -0.2) is 53.6 Å². The predicted octanol–water partition coefficient (Wildman–Crippen LogP) is 3.91. The van der Waals surface area contributed by atoms with Gasteiger partial charge in [0.15, 0.2) is 0 Å². The maximum atomic E-state index is 12.4. The smallest absolute Gasteiger partial charge is 0.320 e. The van der Waals surface area contributed by atoms with E-state index in [1.54, 1.807) is 35.4 Å². The molecule has 1 amide bonds. The molecule has 184 valence electrons. The van der Waals surface area contributed by atoms with E-state index in [0.717, 1.165) is 16.5 Å². The van der Waals surface area contributed by atoms with Gasteiger partial charge in [-0.15, -0.1) is 5.10 Å². The Hall–Kier alpha value is -4.22. The number of aromatic nitrogens is 6. The minimum Gasteiger partial charge on any atom is -0.403 e. The van der Waals surface area contributed by atoms with Crippen molar-refractivity contribution >= 4 is 40.2 Å². The molecule has 36 heavy (non-hydrogen) atoms. The maximum Gasteiger partial charge on any atom is 0.320 e. The van der Waals surface area contributed by atoms with Gasteiger partial charge in [-0.1, -0.05) is 23.6 Å². The third-order valence-corrected chi connectivity index (χ3v) is 6.06.